The van der Waals surface area contributed by atoms with E-state index < -0.39 is 11.1 Å². The molecule has 94 valence electrons. The molecule has 0 aliphatic heterocycles. The van der Waals surface area contributed by atoms with Crippen molar-refractivity contribution in [1.82, 2.24) is 14.8 Å². The molecule has 7 heteroatoms. The van der Waals surface area contributed by atoms with Crippen molar-refractivity contribution < 1.29 is 0 Å². The maximum absolute atomic E-state index is 11.2. The van der Waals surface area contributed by atoms with Gasteiger partial charge in [0.1, 0.15) is 0 Å². The molecule has 3 N–H and O–H groups in total. The summed E-state index contributed by atoms with van der Waals surface area (Å²) < 4.78 is 1.42. The second kappa shape index (κ2) is 4.69. The Morgan fingerprint density at radius 2 is 2.11 bits per heavy atom. The number of nitrogen functional groups attached to an aromatic ring is 1. The summed E-state index contributed by atoms with van der Waals surface area (Å²) in [7, 11) is 1.63. The summed E-state index contributed by atoms with van der Waals surface area (Å²) in [5.74, 6) is 0. The minimum absolute atomic E-state index is 0.420. The zero-order valence-corrected chi connectivity index (χ0v) is 10.7. The topological polar surface area (TPSA) is 93.8 Å². The zero-order valence-electron chi connectivity index (χ0n) is 9.93. The van der Waals surface area contributed by atoms with Crippen molar-refractivity contribution in [1.29, 1.82) is 0 Å². The van der Waals surface area contributed by atoms with E-state index in [1.54, 1.807) is 13.1 Å². The predicted molar refractivity (Wildman–Crippen MR) is 69.8 cm³/mol. The van der Waals surface area contributed by atoms with Gasteiger partial charge in [0.05, 0.1) is 0 Å². The van der Waals surface area contributed by atoms with E-state index in [2.05, 4.69) is 10.1 Å². The first-order valence-electron chi connectivity index (χ1n) is 5.18. The number of hydrogen-bond acceptors (Lipinski definition) is 5. The lowest BCUT2D eigenvalue weighted by atomic mass is 10.2. The van der Waals surface area contributed by atoms with Crippen molar-refractivity contribution in [2.75, 3.05) is 5.73 Å². The van der Waals surface area contributed by atoms with E-state index in [0.717, 1.165) is 10.5 Å². The quantitative estimate of drug-likeness (QED) is 0.609. The van der Waals surface area contributed by atoms with Crippen LogP contribution in [0.15, 0.2) is 37.8 Å². The molecule has 18 heavy (non-hydrogen) atoms. The van der Waals surface area contributed by atoms with Gasteiger partial charge in [0.15, 0.2) is 5.16 Å². The van der Waals surface area contributed by atoms with Crippen LogP contribution in [-0.2, 0) is 7.05 Å². The van der Waals surface area contributed by atoms with Gasteiger partial charge in [-0.05, 0) is 30.7 Å². The molecule has 0 radical (unpaired) electrons. The van der Waals surface area contributed by atoms with Crippen LogP contribution in [0.25, 0.3) is 0 Å². The zero-order chi connectivity index (χ0) is 13.3. The van der Waals surface area contributed by atoms with Crippen LogP contribution in [0.1, 0.15) is 5.56 Å². The fourth-order valence-corrected chi connectivity index (χ4v) is 2.26. The monoisotopic (exact) mass is 264 g/mol. The summed E-state index contributed by atoms with van der Waals surface area (Å²) in [4.78, 5) is 26.9. The number of aromatic amines is 1. The summed E-state index contributed by atoms with van der Waals surface area (Å²) in [5.41, 5.74) is 5.88. The second-order valence-corrected chi connectivity index (χ2v) is 4.86. The lowest BCUT2D eigenvalue weighted by Crippen LogP contribution is -2.33. The van der Waals surface area contributed by atoms with Gasteiger partial charge in [-0.15, -0.1) is 0 Å². The molecular formula is C11H12N4O2S. The van der Waals surface area contributed by atoms with Gasteiger partial charge in [-0.25, -0.2) is 0 Å². The molecule has 1 aromatic heterocycles. The van der Waals surface area contributed by atoms with Gasteiger partial charge < -0.3 is 5.73 Å². The van der Waals surface area contributed by atoms with Crippen molar-refractivity contribution in [3.8, 4) is 0 Å². The number of nitrogens with zero attached hydrogens (tertiary/aromatic N) is 2. The number of hydrogen-bond donors (Lipinski definition) is 2. The van der Waals surface area contributed by atoms with E-state index in [1.165, 1.54) is 16.4 Å². The van der Waals surface area contributed by atoms with Crippen molar-refractivity contribution in [3.05, 3.63) is 44.5 Å². The van der Waals surface area contributed by atoms with Gasteiger partial charge in [-0.2, -0.15) is 4.98 Å². The first-order chi connectivity index (χ1) is 8.47. The van der Waals surface area contributed by atoms with E-state index in [1.807, 2.05) is 19.1 Å². The van der Waals surface area contributed by atoms with Gasteiger partial charge in [0, 0.05) is 17.6 Å². The minimum atomic E-state index is -0.789. The van der Waals surface area contributed by atoms with Gasteiger partial charge >= 0.3 is 11.1 Å². The van der Waals surface area contributed by atoms with E-state index in [4.69, 9.17) is 5.73 Å². The Hall–Kier alpha value is -2.02. The second-order valence-electron chi connectivity index (χ2n) is 3.82. The van der Waals surface area contributed by atoms with Crippen LogP contribution in [0.2, 0.25) is 0 Å². The molecule has 0 amide bonds. The summed E-state index contributed by atoms with van der Waals surface area (Å²) in [6, 6.07) is 5.53. The number of rotatable bonds is 2. The van der Waals surface area contributed by atoms with Crippen LogP contribution in [0.5, 0.6) is 0 Å². The minimum Gasteiger partial charge on any atom is -0.399 e. The first-order valence-corrected chi connectivity index (χ1v) is 6.00. The van der Waals surface area contributed by atoms with Crippen molar-refractivity contribution in [2.45, 2.75) is 17.0 Å². The highest BCUT2D eigenvalue weighted by molar-refractivity contribution is 7.99. The van der Waals surface area contributed by atoms with Crippen molar-refractivity contribution in [3.63, 3.8) is 0 Å². The molecule has 2 aromatic rings. The molecule has 1 heterocycles. The Balaban J connectivity index is 2.40. The van der Waals surface area contributed by atoms with Crippen LogP contribution in [0.4, 0.5) is 5.69 Å². The lowest BCUT2D eigenvalue weighted by Gasteiger charge is -2.07. The van der Waals surface area contributed by atoms with Crippen molar-refractivity contribution in [2.24, 2.45) is 7.05 Å². The van der Waals surface area contributed by atoms with Gasteiger partial charge in [0.2, 0.25) is 0 Å². The highest BCUT2D eigenvalue weighted by Crippen LogP contribution is 2.26. The fraction of sp³-hybridized carbons (Fsp3) is 0.182. The van der Waals surface area contributed by atoms with Crippen LogP contribution < -0.4 is 16.9 Å². The fourth-order valence-electron chi connectivity index (χ4n) is 1.37. The third-order valence-electron chi connectivity index (χ3n) is 2.40. The molecule has 0 saturated heterocycles. The molecule has 0 aliphatic rings. The summed E-state index contributed by atoms with van der Waals surface area (Å²) in [6.07, 6.45) is 0. The predicted octanol–water partition coefficient (Wildman–Crippen LogP) is 0.510. The van der Waals surface area contributed by atoms with E-state index in [9.17, 15) is 9.59 Å². The Labute approximate surface area is 107 Å². The Bertz CT molecular complexity index is 705. The average molecular weight is 264 g/mol. The van der Waals surface area contributed by atoms with Crippen LogP contribution in [0, 0.1) is 6.92 Å². The van der Waals surface area contributed by atoms with Gasteiger partial charge in [-0.1, -0.05) is 11.8 Å². The maximum Gasteiger partial charge on any atom is 0.339 e. The highest BCUT2D eigenvalue weighted by Gasteiger charge is 2.06. The van der Waals surface area contributed by atoms with Gasteiger partial charge in [-0.3, -0.25) is 19.4 Å². The molecule has 0 atom stereocenters. The Morgan fingerprint density at radius 1 is 1.39 bits per heavy atom. The average Bonchev–Trinajstić information content (AvgIpc) is 2.31. The SMILES string of the molecule is Cc1cc(Sc2nc(=O)c(=O)[nH]n2C)ccc1N. The summed E-state index contributed by atoms with van der Waals surface area (Å²) in [5, 5.41) is 2.81. The molecule has 0 saturated carbocycles. The summed E-state index contributed by atoms with van der Waals surface area (Å²) in [6.45, 7) is 1.90. The van der Waals surface area contributed by atoms with E-state index in [-0.39, 0.29) is 0 Å². The summed E-state index contributed by atoms with van der Waals surface area (Å²) >= 11 is 1.29. The number of H-pyrrole nitrogens is 1. The van der Waals surface area contributed by atoms with Crippen molar-refractivity contribution >= 4 is 17.4 Å². The molecule has 6 nitrogen and oxygen atoms in total. The molecular weight excluding hydrogens is 252 g/mol. The molecule has 1 aromatic carbocycles. The number of benzene rings is 1. The third-order valence-corrected chi connectivity index (χ3v) is 3.44. The number of nitrogens with two attached hydrogens (primary N) is 1. The van der Waals surface area contributed by atoms with Gasteiger partial charge in [0.25, 0.3) is 0 Å². The third kappa shape index (κ3) is 2.45. The van der Waals surface area contributed by atoms with Crippen LogP contribution in [0.3, 0.4) is 0 Å². The standard InChI is InChI=1S/C11H12N4O2S/c1-6-5-7(3-4-8(6)12)18-11-13-9(16)10(17)14-15(11)2/h3-5H,12H2,1-2H3,(H,14,17). The molecule has 2 rings (SSSR count). The molecule has 0 aliphatic carbocycles. The maximum atomic E-state index is 11.2. The highest BCUT2D eigenvalue weighted by atomic mass is 32.2. The largest absolute Gasteiger partial charge is 0.399 e. The van der Waals surface area contributed by atoms with Crippen LogP contribution in [-0.4, -0.2) is 14.8 Å². The molecule has 0 spiro atoms. The molecule has 0 fully saturated rings. The van der Waals surface area contributed by atoms with Crippen LogP contribution >= 0.6 is 11.8 Å². The molecule has 0 unspecified atom stereocenters. The van der Waals surface area contributed by atoms with E-state index >= 15 is 0 Å². The first kappa shape index (κ1) is 12.4. The number of aromatic nitrogens is 3. The number of aryl methyl sites for hydroxylation is 2. The normalized spacial score (nSPS) is 10.6. The lowest BCUT2D eigenvalue weighted by molar-refractivity contribution is 0.596. The van der Waals surface area contributed by atoms with E-state index in [0.29, 0.717) is 10.8 Å². The number of nitrogens with one attached hydrogen (secondary N) is 1. The number of anilines is 1. The smallest absolute Gasteiger partial charge is 0.339 e. The Morgan fingerprint density at radius 3 is 2.78 bits per heavy atom. The molecule has 0 bridgehead atoms. The Kier molecular flexibility index (Phi) is 3.24.